The van der Waals surface area contributed by atoms with E-state index in [0.717, 1.165) is 24.8 Å². The van der Waals surface area contributed by atoms with Crippen molar-refractivity contribution >= 4 is 21.4 Å². The smallest absolute Gasteiger partial charge is 0.151 e. The molecule has 1 aliphatic rings. The first kappa shape index (κ1) is 14.8. The number of sulfone groups is 1. The van der Waals surface area contributed by atoms with Crippen LogP contribution >= 0.6 is 11.6 Å². The molecule has 0 saturated heterocycles. The molecule has 1 fully saturated rings. The normalized spacial score (nSPS) is 25.4. The number of nitrogens with one attached hydrogen (secondary N) is 1. The van der Waals surface area contributed by atoms with Crippen LogP contribution in [0.25, 0.3) is 0 Å². The lowest BCUT2D eigenvalue weighted by Gasteiger charge is -2.24. The topological polar surface area (TPSA) is 46.2 Å². The number of halogens is 1. The van der Waals surface area contributed by atoms with E-state index in [2.05, 4.69) is 5.32 Å². The van der Waals surface area contributed by atoms with E-state index < -0.39 is 9.84 Å². The van der Waals surface area contributed by atoms with Gasteiger partial charge in [-0.3, -0.25) is 0 Å². The van der Waals surface area contributed by atoms with Crippen LogP contribution in [-0.2, 0) is 9.84 Å². The molecule has 3 atom stereocenters. The lowest BCUT2D eigenvalue weighted by Crippen LogP contribution is -2.41. The van der Waals surface area contributed by atoms with E-state index in [1.807, 2.05) is 31.2 Å². The summed E-state index contributed by atoms with van der Waals surface area (Å²) < 4.78 is 23.5. The van der Waals surface area contributed by atoms with Gasteiger partial charge in [0, 0.05) is 23.4 Å². The van der Waals surface area contributed by atoms with E-state index in [-0.39, 0.29) is 17.3 Å². The minimum absolute atomic E-state index is 0.0454. The SMILES string of the molecule is CC(NC1CCCC1S(C)(=O)=O)c1cccc(Cl)c1. The van der Waals surface area contributed by atoms with Gasteiger partial charge in [-0.15, -0.1) is 0 Å². The van der Waals surface area contributed by atoms with Gasteiger partial charge in [0.25, 0.3) is 0 Å². The summed E-state index contributed by atoms with van der Waals surface area (Å²) in [6.45, 7) is 2.04. The summed E-state index contributed by atoms with van der Waals surface area (Å²) in [6, 6.07) is 7.83. The van der Waals surface area contributed by atoms with Gasteiger partial charge in [0.05, 0.1) is 5.25 Å². The van der Waals surface area contributed by atoms with Crippen molar-refractivity contribution in [3.05, 3.63) is 34.9 Å². The predicted molar refractivity (Wildman–Crippen MR) is 79.3 cm³/mol. The van der Waals surface area contributed by atoms with Gasteiger partial charge < -0.3 is 5.32 Å². The van der Waals surface area contributed by atoms with Crippen molar-refractivity contribution in [2.24, 2.45) is 0 Å². The predicted octanol–water partition coefficient (Wildman–Crippen LogP) is 2.96. The first-order valence-corrected chi connectivity index (χ1v) is 8.91. The lowest BCUT2D eigenvalue weighted by atomic mass is 10.1. The van der Waals surface area contributed by atoms with Crippen molar-refractivity contribution in [2.45, 2.75) is 43.5 Å². The van der Waals surface area contributed by atoms with Crippen molar-refractivity contribution in [3.8, 4) is 0 Å². The molecule has 19 heavy (non-hydrogen) atoms. The first-order chi connectivity index (χ1) is 8.88. The quantitative estimate of drug-likeness (QED) is 0.930. The molecule has 106 valence electrons. The Morgan fingerprint density at radius 3 is 2.74 bits per heavy atom. The van der Waals surface area contributed by atoms with Crippen LogP contribution in [-0.4, -0.2) is 26.0 Å². The molecule has 3 unspecified atom stereocenters. The Bertz CT molecular complexity index is 544. The Kier molecular flexibility index (Phi) is 4.54. The summed E-state index contributed by atoms with van der Waals surface area (Å²) in [4.78, 5) is 0. The summed E-state index contributed by atoms with van der Waals surface area (Å²) in [5.74, 6) is 0. The highest BCUT2D eigenvalue weighted by atomic mass is 35.5. The van der Waals surface area contributed by atoms with Gasteiger partial charge in [-0.05, 0) is 37.5 Å². The molecule has 2 rings (SSSR count). The van der Waals surface area contributed by atoms with Crippen molar-refractivity contribution < 1.29 is 8.42 Å². The molecule has 1 N–H and O–H groups in total. The summed E-state index contributed by atoms with van der Waals surface area (Å²) in [5, 5.41) is 3.89. The molecule has 1 aliphatic carbocycles. The molecule has 0 amide bonds. The molecule has 0 radical (unpaired) electrons. The summed E-state index contributed by atoms with van der Waals surface area (Å²) in [6.07, 6.45) is 3.99. The maximum absolute atomic E-state index is 11.8. The van der Waals surface area contributed by atoms with E-state index >= 15 is 0 Å². The van der Waals surface area contributed by atoms with Gasteiger partial charge in [-0.1, -0.05) is 30.2 Å². The second kappa shape index (κ2) is 5.81. The van der Waals surface area contributed by atoms with Gasteiger partial charge in [-0.25, -0.2) is 8.42 Å². The lowest BCUT2D eigenvalue weighted by molar-refractivity contribution is 0.456. The van der Waals surface area contributed by atoms with Crippen LogP contribution < -0.4 is 5.32 Å². The Labute approximate surface area is 120 Å². The Morgan fingerprint density at radius 2 is 2.11 bits per heavy atom. The maximum Gasteiger partial charge on any atom is 0.151 e. The molecular formula is C14H20ClNO2S. The zero-order valence-electron chi connectivity index (χ0n) is 11.3. The first-order valence-electron chi connectivity index (χ1n) is 6.58. The van der Waals surface area contributed by atoms with Crippen LogP contribution in [0.1, 0.15) is 37.8 Å². The fourth-order valence-corrected chi connectivity index (χ4v) is 4.43. The Morgan fingerprint density at radius 1 is 1.37 bits per heavy atom. The van der Waals surface area contributed by atoms with Gasteiger partial charge in [0.2, 0.25) is 0 Å². The highest BCUT2D eigenvalue weighted by molar-refractivity contribution is 7.91. The van der Waals surface area contributed by atoms with Gasteiger partial charge in [0.15, 0.2) is 9.84 Å². The summed E-state index contributed by atoms with van der Waals surface area (Å²) >= 11 is 5.98. The van der Waals surface area contributed by atoms with Crippen molar-refractivity contribution in [1.29, 1.82) is 0 Å². The minimum Gasteiger partial charge on any atom is -0.306 e. The van der Waals surface area contributed by atoms with Crippen LogP contribution in [0.15, 0.2) is 24.3 Å². The highest BCUT2D eigenvalue weighted by Crippen LogP contribution is 2.27. The van der Waals surface area contributed by atoms with Gasteiger partial charge in [0.1, 0.15) is 0 Å². The fourth-order valence-electron chi connectivity index (χ4n) is 2.82. The average Bonchev–Trinajstić information content (AvgIpc) is 2.77. The van der Waals surface area contributed by atoms with E-state index in [0.29, 0.717) is 5.02 Å². The number of benzene rings is 1. The largest absolute Gasteiger partial charge is 0.306 e. The monoisotopic (exact) mass is 301 g/mol. The summed E-state index contributed by atoms with van der Waals surface area (Å²) in [7, 11) is -2.98. The average molecular weight is 302 g/mol. The van der Waals surface area contributed by atoms with Crippen LogP contribution in [0.3, 0.4) is 0 Å². The zero-order chi connectivity index (χ0) is 14.0. The third-order valence-electron chi connectivity index (χ3n) is 3.82. The third kappa shape index (κ3) is 3.71. The summed E-state index contributed by atoms with van der Waals surface area (Å²) in [5.41, 5.74) is 1.09. The van der Waals surface area contributed by atoms with Crippen LogP contribution in [0.5, 0.6) is 0 Å². The zero-order valence-corrected chi connectivity index (χ0v) is 12.8. The van der Waals surface area contributed by atoms with E-state index in [9.17, 15) is 8.42 Å². The van der Waals surface area contributed by atoms with E-state index in [1.54, 1.807) is 0 Å². The maximum atomic E-state index is 11.8. The molecule has 0 spiro atoms. The molecule has 0 heterocycles. The second-order valence-electron chi connectivity index (χ2n) is 5.35. The van der Waals surface area contributed by atoms with Gasteiger partial charge in [-0.2, -0.15) is 0 Å². The Balaban J connectivity index is 2.08. The molecule has 1 saturated carbocycles. The second-order valence-corrected chi connectivity index (χ2v) is 8.05. The molecular weight excluding hydrogens is 282 g/mol. The van der Waals surface area contributed by atoms with Crippen molar-refractivity contribution in [1.82, 2.24) is 5.32 Å². The van der Waals surface area contributed by atoms with Crippen LogP contribution in [0.4, 0.5) is 0 Å². The number of hydrogen-bond acceptors (Lipinski definition) is 3. The number of hydrogen-bond donors (Lipinski definition) is 1. The molecule has 3 nitrogen and oxygen atoms in total. The molecule has 0 aromatic heterocycles. The molecule has 1 aromatic carbocycles. The van der Waals surface area contributed by atoms with E-state index in [4.69, 9.17) is 11.6 Å². The van der Waals surface area contributed by atoms with Crippen LogP contribution in [0.2, 0.25) is 5.02 Å². The van der Waals surface area contributed by atoms with Crippen LogP contribution in [0, 0.1) is 0 Å². The third-order valence-corrected chi connectivity index (χ3v) is 5.71. The molecule has 0 bridgehead atoms. The fraction of sp³-hybridized carbons (Fsp3) is 0.571. The van der Waals surface area contributed by atoms with Gasteiger partial charge >= 0.3 is 0 Å². The standard InChI is InChI=1S/C14H20ClNO2S/c1-10(11-5-3-6-12(15)9-11)16-13-7-4-8-14(13)19(2,17)18/h3,5-6,9-10,13-14,16H,4,7-8H2,1-2H3. The molecule has 1 aromatic rings. The van der Waals surface area contributed by atoms with Crippen molar-refractivity contribution in [3.63, 3.8) is 0 Å². The Hall–Kier alpha value is -0.580. The van der Waals surface area contributed by atoms with E-state index in [1.165, 1.54) is 6.26 Å². The minimum atomic E-state index is -2.98. The molecule has 5 heteroatoms. The highest BCUT2D eigenvalue weighted by Gasteiger charge is 2.35. The van der Waals surface area contributed by atoms with Crippen molar-refractivity contribution in [2.75, 3.05) is 6.26 Å². The number of rotatable bonds is 4. The molecule has 0 aliphatic heterocycles.